The van der Waals surface area contributed by atoms with Gasteiger partial charge in [0.15, 0.2) is 0 Å². The van der Waals surface area contributed by atoms with E-state index in [0.29, 0.717) is 0 Å². The molecule has 17 heavy (non-hydrogen) atoms. The molecule has 2 heterocycles. The van der Waals surface area contributed by atoms with E-state index in [9.17, 15) is 4.79 Å². The summed E-state index contributed by atoms with van der Waals surface area (Å²) < 4.78 is 2.13. The molecular formula is C12H19N3OS. The van der Waals surface area contributed by atoms with Gasteiger partial charge in [0, 0.05) is 43.1 Å². The number of fused-ring (bicyclic) bond motifs is 1. The molecule has 0 aliphatic carbocycles. The minimum absolute atomic E-state index is 0.0918. The first-order chi connectivity index (χ1) is 8.20. The Kier molecular flexibility index (Phi) is 4.10. The number of aromatic nitrogens is 2. The quantitative estimate of drug-likeness (QED) is 0.880. The van der Waals surface area contributed by atoms with Crippen LogP contribution in [0.25, 0.3) is 0 Å². The highest BCUT2D eigenvalue weighted by Gasteiger charge is 2.22. The lowest BCUT2D eigenvalue weighted by Gasteiger charge is -2.25. The average Bonchev–Trinajstić information content (AvgIpc) is 2.76. The standard InChI is InChI=1S/C12H19N3OS/c1-9(8-17-2)12(16)14-10-3-4-11-13-5-6-15(11)7-10/h5-6,9-10H,3-4,7-8H2,1-2H3,(H,14,16). The molecule has 0 bridgehead atoms. The molecule has 2 atom stereocenters. The Hall–Kier alpha value is -0.970. The van der Waals surface area contributed by atoms with Gasteiger partial charge in [0.1, 0.15) is 5.82 Å². The van der Waals surface area contributed by atoms with Crippen LogP contribution >= 0.6 is 11.8 Å². The summed E-state index contributed by atoms with van der Waals surface area (Å²) in [6.07, 6.45) is 7.79. The highest BCUT2D eigenvalue weighted by molar-refractivity contribution is 7.98. The van der Waals surface area contributed by atoms with Crippen molar-refractivity contribution < 1.29 is 4.79 Å². The number of rotatable bonds is 4. The lowest BCUT2D eigenvalue weighted by molar-refractivity contribution is -0.124. The summed E-state index contributed by atoms with van der Waals surface area (Å²) in [5.41, 5.74) is 0. The summed E-state index contributed by atoms with van der Waals surface area (Å²) in [6.45, 7) is 2.84. The van der Waals surface area contributed by atoms with Crippen LogP contribution in [-0.2, 0) is 17.8 Å². The van der Waals surface area contributed by atoms with Crippen LogP contribution in [0.5, 0.6) is 0 Å². The number of aryl methyl sites for hydroxylation is 1. The first kappa shape index (κ1) is 12.5. The molecule has 1 amide bonds. The van der Waals surface area contributed by atoms with Crippen molar-refractivity contribution in [2.75, 3.05) is 12.0 Å². The van der Waals surface area contributed by atoms with Crippen molar-refractivity contribution in [3.8, 4) is 0 Å². The number of imidazole rings is 1. The predicted octanol–water partition coefficient (Wildman–Crippen LogP) is 1.31. The topological polar surface area (TPSA) is 46.9 Å². The highest BCUT2D eigenvalue weighted by Crippen LogP contribution is 2.14. The second kappa shape index (κ2) is 5.58. The molecule has 1 aromatic rings. The molecule has 1 aromatic heterocycles. The number of hydrogen-bond donors (Lipinski definition) is 1. The molecule has 4 nitrogen and oxygen atoms in total. The maximum absolute atomic E-state index is 11.9. The van der Waals surface area contributed by atoms with Crippen LogP contribution in [0.2, 0.25) is 0 Å². The van der Waals surface area contributed by atoms with Gasteiger partial charge in [-0.1, -0.05) is 6.92 Å². The fraction of sp³-hybridized carbons (Fsp3) is 0.667. The van der Waals surface area contributed by atoms with Crippen molar-refractivity contribution in [2.24, 2.45) is 5.92 Å². The molecular weight excluding hydrogens is 234 g/mol. The Morgan fingerprint density at radius 1 is 1.76 bits per heavy atom. The number of carbonyl (C=O) groups excluding carboxylic acids is 1. The van der Waals surface area contributed by atoms with E-state index in [-0.39, 0.29) is 17.9 Å². The fourth-order valence-electron chi connectivity index (χ4n) is 2.15. The van der Waals surface area contributed by atoms with Crippen molar-refractivity contribution in [3.05, 3.63) is 18.2 Å². The third-order valence-corrected chi connectivity index (χ3v) is 3.98. The Balaban J connectivity index is 1.87. The summed E-state index contributed by atoms with van der Waals surface area (Å²) in [5, 5.41) is 3.13. The molecule has 0 radical (unpaired) electrons. The summed E-state index contributed by atoms with van der Waals surface area (Å²) in [6, 6.07) is 0.258. The fourth-order valence-corrected chi connectivity index (χ4v) is 2.80. The van der Waals surface area contributed by atoms with Gasteiger partial charge in [-0.2, -0.15) is 11.8 Å². The molecule has 2 unspecified atom stereocenters. The SMILES string of the molecule is CSCC(C)C(=O)NC1CCc2nccn2C1. The molecule has 1 aliphatic rings. The van der Waals surface area contributed by atoms with Gasteiger partial charge in [0.25, 0.3) is 0 Å². The molecule has 2 rings (SSSR count). The first-order valence-corrected chi connectivity index (χ1v) is 7.39. The van der Waals surface area contributed by atoms with Gasteiger partial charge in [0.2, 0.25) is 5.91 Å². The lowest BCUT2D eigenvalue weighted by Crippen LogP contribution is -2.43. The molecule has 0 saturated heterocycles. The largest absolute Gasteiger partial charge is 0.351 e. The van der Waals surface area contributed by atoms with E-state index in [1.807, 2.05) is 25.6 Å². The monoisotopic (exact) mass is 253 g/mol. The third-order valence-electron chi connectivity index (χ3n) is 3.15. The zero-order valence-electron chi connectivity index (χ0n) is 10.3. The number of carbonyl (C=O) groups is 1. The number of nitrogens with zero attached hydrogens (tertiary/aromatic N) is 2. The smallest absolute Gasteiger partial charge is 0.223 e. The van der Waals surface area contributed by atoms with Gasteiger partial charge in [-0.3, -0.25) is 4.79 Å². The zero-order chi connectivity index (χ0) is 12.3. The van der Waals surface area contributed by atoms with Crippen LogP contribution in [0.1, 0.15) is 19.2 Å². The van der Waals surface area contributed by atoms with Gasteiger partial charge >= 0.3 is 0 Å². The van der Waals surface area contributed by atoms with Crippen LogP contribution in [0.15, 0.2) is 12.4 Å². The van der Waals surface area contributed by atoms with Crippen LogP contribution in [0, 0.1) is 5.92 Å². The Bertz CT molecular complexity index is 391. The van der Waals surface area contributed by atoms with E-state index >= 15 is 0 Å². The summed E-state index contributed by atoms with van der Waals surface area (Å²) in [7, 11) is 0. The Morgan fingerprint density at radius 2 is 2.59 bits per heavy atom. The van der Waals surface area contributed by atoms with Gasteiger partial charge in [-0.05, 0) is 12.7 Å². The molecule has 0 aromatic carbocycles. The predicted molar refractivity (Wildman–Crippen MR) is 70.0 cm³/mol. The summed E-state index contributed by atoms with van der Waals surface area (Å²) >= 11 is 1.71. The van der Waals surface area contributed by atoms with E-state index in [0.717, 1.165) is 31.0 Å². The van der Waals surface area contributed by atoms with Crippen LogP contribution in [-0.4, -0.2) is 33.5 Å². The molecule has 0 saturated carbocycles. The van der Waals surface area contributed by atoms with E-state index in [4.69, 9.17) is 0 Å². The molecule has 0 spiro atoms. The zero-order valence-corrected chi connectivity index (χ0v) is 11.2. The average molecular weight is 253 g/mol. The van der Waals surface area contributed by atoms with E-state index < -0.39 is 0 Å². The minimum Gasteiger partial charge on any atom is -0.351 e. The van der Waals surface area contributed by atoms with E-state index in [1.165, 1.54) is 0 Å². The van der Waals surface area contributed by atoms with Crippen molar-refractivity contribution in [2.45, 2.75) is 32.4 Å². The summed E-state index contributed by atoms with van der Waals surface area (Å²) in [4.78, 5) is 16.2. The molecule has 1 N–H and O–H groups in total. The van der Waals surface area contributed by atoms with Gasteiger partial charge in [-0.25, -0.2) is 4.98 Å². The summed E-state index contributed by atoms with van der Waals surface area (Å²) in [5.74, 6) is 2.28. The lowest BCUT2D eigenvalue weighted by atomic mass is 10.1. The molecule has 5 heteroatoms. The van der Waals surface area contributed by atoms with Crippen LogP contribution in [0.3, 0.4) is 0 Å². The first-order valence-electron chi connectivity index (χ1n) is 6.00. The Labute approximate surface area is 106 Å². The van der Waals surface area contributed by atoms with Crippen LogP contribution in [0.4, 0.5) is 0 Å². The van der Waals surface area contributed by atoms with E-state index in [2.05, 4.69) is 14.9 Å². The molecule has 94 valence electrons. The number of thioether (sulfide) groups is 1. The normalized spacial score (nSPS) is 20.7. The van der Waals surface area contributed by atoms with Crippen molar-refractivity contribution in [3.63, 3.8) is 0 Å². The van der Waals surface area contributed by atoms with Gasteiger partial charge in [0.05, 0.1) is 0 Å². The number of amides is 1. The van der Waals surface area contributed by atoms with E-state index in [1.54, 1.807) is 11.8 Å². The van der Waals surface area contributed by atoms with Gasteiger partial charge in [-0.15, -0.1) is 0 Å². The van der Waals surface area contributed by atoms with Crippen molar-refractivity contribution in [1.29, 1.82) is 0 Å². The minimum atomic E-state index is 0.0918. The third kappa shape index (κ3) is 3.03. The van der Waals surface area contributed by atoms with Crippen molar-refractivity contribution in [1.82, 2.24) is 14.9 Å². The molecule has 1 aliphatic heterocycles. The second-order valence-corrected chi connectivity index (χ2v) is 5.51. The number of nitrogens with one attached hydrogen (secondary N) is 1. The molecule has 0 fully saturated rings. The maximum atomic E-state index is 11.9. The van der Waals surface area contributed by atoms with Crippen LogP contribution < -0.4 is 5.32 Å². The highest BCUT2D eigenvalue weighted by atomic mass is 32.2. The Morgan fingerprint density at radius 3 is 3.35 bits per heavy atom. The maximum Gasteiger partial charge on any atom is 0.223 e. The van der Waals surface area contributed by atoms with Gasteiger partial charge < -0.3 is 9.88 Å². The number of hydrogen-bond acceptors (Lipinski definition) is 3. The van der Waals surface area contributed by atoms with Crippen molar-refractivity contribution >= 4 is 17.7 Å². The second-order valence-electron chi connectivity index (χ2n) is 4.60.